The van der Waals surface area contributed by atoms with Gasteiger partial charge in [0.25, 0.3) is 0 Å². The van der Waals surface area contributed by atoms with Crippen molar-refractivity contribution in [3.8, 4) is 0 Å². The number of hydrazone groups is 2. The summed E-state index contributed by atoms with van der Waals surface area (Å²) in [6.45, 7) is 0. The van der Waals surface area contributed by atoms with Crippen LogP contribution in [0, 0.1) is 10.4 Å². The maximum absolute atomic E-state index is 12.5. The summed E-state index contributed by atoms with van der Waals surface area (Å²) in [4.78, 5) is 11.8. The van der Waals surface area contributed by atoms with Gasteiger partial charge in [0.15, 0.2) is 0 Å². The van der Waals surface area contributed by atoms with E-state index < -0.39 is 26.5 Å². The van der Waals surface area contributed by atoms with E-state index in [9.17, 15) is 28.2 Å². The van der Waals surface area contributed by atoms with Crippen molar-refractivity contribution in [3.63, 3.8) is 0 Å². The molecular weight excluding hydrogens is 359 g/mol. The molecule has 0 amide bonds. The summed E-state index contributed by atoms with van der Waals surface area (Å²) in [5, 5.41) is 24.1. The van der Waals surface area contributed by atoms with Crippen molar-refractivity contribution in [1.82, 2.24) is 0 Å². The molecule has 0 N–H and O–H groups in total. The van der Waals surface area contributed by atoms with Gasteiger partial charge in [-0.1, -0.05) is 18.2 Å². The van der Waals surface area contributed by atoms with Crippen LogP contribution in [-0.4, -0.2) is 39.9 Å². The Balaban J connectivity index is 0.00000225. The normalized spacial score (nSPS) is 14.7. The van der Waals surface area contributed by atoms with E-state index >= 15 is 0 Å². The SMILES string of the molecule is O=C1C(c2ccccc2)=[N+]([O-])[N+]([O-])=C1c1ccc(S(=O)(=O)[O-])cc1.[Na+]. The van der Waals surface area contributed by atoms with Crippen LogP contribution in [0.25, 0.3) is 0 Å². The summed E-state index contributed by atoms with van der Waals surface area (Å²) in [5.41, 5.74) is -0.457. The van der Waals surface area contributed by atoms with E-state index in [1.54, 1.807) is 18.2 Å². The minimum atomic E-state index is -4.65. The molecule has 0 unspecified atom stereocenters. The van der Waals surface area contributed by atoms with Gasteiger partial charge < -0.3 is 15.0 Å². The largest absolute Gasteiger partial charge is 1.00 e. The number of nitrogens with zero attached hydrogens (tertiary/aromatic N) is 2. The van der Waals surface area contributed by atoms with Gasteiger partial charge in [-0.3, -0.25) is 4.79 Å². The molecule has 3 rings (SSSR count). The zero-order chi connectivity index (χ0) is 17.5. The van der Waals surface area contributed by atoms with Gasteiger partial charge in [-0.25, -0.2) is 8.42 Å². The van der Waals surface area contributed by atoms with Crippen molar-refractivity contribution >= 4 is 27.3 Å². The molecule has 0 saturated carbocycles. The van der Waals surface area contributed by atoms with E-state index in [-0.39, 0.29) is 56.1 Å². The first-order chi connectivity index (χ1) is 11.3. The van der Waals surface area contributed by atoms with Crippen molar-refractivity contribution in [2.75, 3.05) is 0 Å². The van der Waals surface area contributed by atoms with Gasteiger partial charge in [-0.15, -0.1) is 0 Å². The molecule has 0 radical (unpaired) electrons. The van der Waals surface area contributed by atoms with E-state index in [4.69, 9.17) is 0 Å². The fraction of sp³-hybridized carbons (Fsp3) is 0. The van der Waals surface area contributed by atoms with Crippen molar-refractivity contribution in [2.45, 2.75) is 4.90 Å². The third kappa shape index (κ3) is 3.51. The molecule has 0 atom stereocenters. The summed E-state index contributed by atoms with van der Waals surface area (Å²) >= 11 is 0. The molecule has 1 heterocycles. The Morgan fingerprint density at radius 2 is 1.20 bits per heavy atom. The smallest absolute Gasteiger partial charge is 0.744 e. The van der Waals surface area contributed by atoms with Gasteiger partial charge in [0.1, 0.15) is 10.1 Å². The summed E-state index contributed by atoms with van der Waals surface area (Å²) in [6, 6.07) is 12.2. The number of hydrogen-bond acceptors (Lipinski definition) is 6. The number of rotatable bonds is 3. The minimum Gasteiger partial charge on any atom is -0.744 e. The van der Waals surface area contributed by atoms with Crippen LogP contribution in [-0.2, 0) is 14.9 Å². The van der Waals surface area contributed by atoms with Crippen LogP contribution in [0.5, 0.6) is 0 Å². The molecule has 2 aromatic rings. The molecule has 0 fully saturated rings. The Bertz CT molecular complexity index is 998. The van der Waals surface area contributed by atoms with Gasteiger partial charge in [0, 0.05) is 0 Å². The first-order valence-electron chi connectivity index (χ1n) is 6.65. The quantitative estimate of drug-likeness (QED) is 0.253. The molecule has 122 valence electrons. The third-order valence-corrected chi connectivity index (χ3v) is 4.29. The number of carbonyl (C=O) groups is 1. The molecule has 0 saturated heterocycles. The van der Waals surface area contributed by atoms with Crippen LogP contribution >= 0.6 is 0 Å². The zero-order valence-corrected chi connectivity index (χ0v) is 15.8. The Kier molecular flexibility index (Phi) is 5.45. The number of ketones is 1. The summed E-state index contributed by atoms with van der Waals surface area (Å²) in [7, 11) is -4.65. The Morgan fingerprint density at radius 3 is 1.64 bits per heavy atom. The average molecular weight is 368 g/mol. The Labute approximate surface area is 164 Å². The predicted octanol–water partition coefficient (Wildman–Crippen LogP) is -2.61. The second-order valence-corrected chi connectivity index (χ2v) is 6.30. The molecular formula is C15H9N2NaO6S. The van der Waals surface area contributed by atoms with E-state index in [2.05, 4.69) is 0 Å². The molecule has 8 nitrogen and oxygen atoms in total. The maximum atomic E-state index is 12.5. The van der Waals surface area contributed by atoms with Crippen LogP contribution in [0.3, 0.4) is 0 Å². The Morgan fingerprint density at radius 1 is 0.760 bits per heavy atom. The molecule has 0 bridgehead atoms. The monoisotopic (exact) mass is 368 g/mol. The molecule has 0 aliphatic carbocycles. The van der Waals surface area contributed by atoms with E-state index in [0.717, 1.165) is 24.3 Å². The van der Waals surface area contributed by atoms with Crippen molar-refractivity contribution in [1.29, 1.82) is 0 Å². The second kappa shape index (κ2) is 7.06. The van der Waals surface area contributed by atoms with Crippen LogP contribution in [0.2, 0.25) is 0 Å². The fourth-order valence-corrected chi connectivity index (χ4v) is 2.80. The standard InChI is InChI=1S/C15H10N2O6S.Na/c18-15-13(10-4-2-1-3-5-10)16(19)17(20)14(15)11-6-8-12(9-7-11)24(21,22)23;/h1-9H,(H,21,22,23);/q;+1/p-1. The first-order valence-corrected chi connectivity index (χ1v) is 8.06. The van der Waals surface area contributed by atoms with E-state index in [1.165, 1.54) is 12.1 Å². The van der Waals surface area contributed by atoms with Crippen molar-refractivity contribution < 1.29 is 57.0 Å². The zero-order valence-electron chi connectivity index (χ0n) is 12.9. The molecule has 1 aliphatic heterocycles. The number of carbonyl (C=O) groups excluding carboxylic acids is 1. The molecule has 1 aliphatic rings. The van der Waals surface area contributed by atoms with E-state index in [1.807, 2.05) is 0 Å². The first kappa shape index (κ1) is 19.3. The summed E-state index contributed by atoms with van der Waals surface area (Å²) in [5.74, 6) is -0.788. The summed E-state index contributed by atoms with van der Waals surface area (Å²) in [6.07, 6.45) is 0. The van der Waals surface area contributed by atoms with Crippen LogP contribution < -0.4 is 29.6 Å². The predicted molar refractivity (Wildman–Crippen MR) is 81.3 cm³/mol. The van der Waals surface area contributed by atoms with Gasteiger partial charge >= 0.3 is 46.8 Å². The van der Waals surface area contributed by atoms with Crippen molar-refractivity contribution in [3.05, 3.63) is 76.1 Å². The average Bonchev–Trinajstić information content (AvgIpc) is 2.77. The van der Waals surface area contributed by atoms with Gasteiger partial charge in [-0.2, -0.15) is 0 Å². The van der Waals surface area contributed by atoms with Gasteiger partial charge in [0.2, 0.25) is 0 Å². The number of Topliss-reactive ketones (excluding diaryl/α,β-unsaturated/α-hetero) is 1. The molecule has 25 heavy (non-hydrogen) atoms. The number of benzene rings is 2. The van der Waals surface area contributed by atoms with Gasteiger partial charge in [-0.05, 0) is 36.4 Å². The van der Waals surface area contributed by atoms with Crippen LogP contribution in [0.4, 0.5) is 0 Å². The second-order valence-electron chi connectivity index (χ2n) is 4.92. The Hall–Kier alpha value is -2.04. The minimum absolute atomic E-state index is 0. The number of hydrazine groups is 1. The maximum Gasteiger partial charge on any atom is 1.00 e. The van der Waals surface area contributed by atoms with Crippen LogP contribution in [0.15, 0.2) is 59.5 Å². The van der Waals surface area contributed by atoms with E-state index in [0.29, 0.717) is 0 Å². The van der Waals surface area contributed by atoms with Crippen molar-refractivity contribution in [2.24, 2.45) is 0 Å². The molecule has 0 spiro atoms. The summed E-state index contributed by atoms with van der Waals surface area (Å²) < 4.78 is 32.8. The molecule has 10 heteroatoms. The van der Waals surface area contributed by atoms with Crippen LogP contribution in [0.1, 0.15) is 11.1 Å². The fourth-order valence-electron chi connectivity index (χ4n) is 2.33. The molecule has 2 aromatic carbocycles. The third-order valence-electron chi connectivity index (χ3n) is 3.44. The van der Waals surface area contributed by atoms with Gasteiger partial charge in [0.05, 0.1) is 25.7 Å². The molecule has 0 aromatic heterocycles. The number of hydrogen-bond donors (Lipinski definition) is 0. The topological polar surface area (TPSA) is 126 Å².